The Kier molecular flexibility index (Phi) is 5.85. The fourth-order valence-electron chi connectivity index (χ4n) is 1.23. The summed E-state index contributed by atoms with van der Waals surface area (Å²) in [5, 5.41) is 7.22. The Morgan fingerprint density at radius 3 is 2.05 bits per heavy atom. The first-order valence-corrected chi connectivity index (χ1v) is 5.78. The number of nitrogens with zero attached hydrogens (tertiary/aromatic N) is 3. The number of halogens is 1. The minimum atomic E-state index is -0.677. The molecule has 0 radical (unpaired) electrons. The molecule has 20 heavy (non-hydrogen) atoms. The van der Waals surface area contributed by atoms with Gasteiger partial charge in [-0.15, -0.1) is 10.2 Å². The van der Waals surface area contributed by atoms with Gasteiger partial charge in [0.25, 0.3) is 5.91 Å². The second kappa shape index (κ2) is 7.39. The van der Waals surface area contributed by atoms with Crippen LogP contribution in [-0.2, 0) is 19.1 Å². The van der Waals surface area contributed by atoms with Crippen LogP contribution in [0, 0.1) is 0 Å². The number of amides is 1. The van der Waals surface area contributed by atoms with Gasteiger partial charge in [-0.2, -0.15) is 0 Å². The standard InChI is InChI=1S/C11H12ClN3O5/c1-19-9(16)5-15(6-10(17)20-2)11(18)7-3-4-8(12)14-13-7/h3-4H,5-6H2,1-2H3. The molecule has 1 aromatic rings. The van der Waals surface area contributed by atoms with E-state index < -0.39 is 30.9 Å². The van der Waals surface area contributed by atoms with Crippen LogP contribution in [0.2, 0.25) is 5.15 Å². The third-order valence-corrected chi connectivity index (χ3v) is 2.44. The molecule has 0 N–H and O–H groups in total. The molecule has 0 saturated heterocycles. The number of carbonyl (C=O) groups is 3. The largest absolute Gasteiger partial charge is 0.468 e. The minimum Gasteiger partial charge on any atom is -0.468 e. The number of esters is 2. The zero-order valence-corrected chi connectivity index (χ0v) is 11.6. The predicted octanol–water partition coefficient (Wildman–Crippen LogP) is -0.0818. The van der Waals surface area contributed by atoms with Crippen LogP contribution in [0.15, 0.2) is 12.1 Å². The molecule has 0 spiro atoms. The van der Waals surface area contributed by atoms with E-state index in [0.29, 0.717) is 0 Å². The Morgan fingerprint density at radius 2 is 1.65 bits per heavy atom. The number of hydrogen-bond acceptors (Lipinski definition) is 7. The van der Waals surface area contributed by atoms with Gasteiger partial charge in [0.05, 0.1) is 14.2 Å². The van der Waals surface area contributed by atoms with E-state index in [4.69, 9.17) is 11.6 Å². The van der Waals surface area contributed by atoms with Gasteiger partial charge in [-0.3, -0.25) is 14.4 Å². The zero-order valence-electron chi connectivity index (χ0n) is 10.8. The van der Waals surface area contributed by atoms with E-state index in [-0.39, 0.29) is 10.8 Å². The molecule has 1 amide bonds. The molecular weight excluding hydrogens is 290 g/mol. The van der Waals surface area contributed by atoms with E-state index in [9.17, 15) is 14.4 Å². The first-order valence-electron chi connectivity index (χ1n) is 5.40. The SMILES string of the molecule is COC(=O)CN(CC(=O)OC)C(=O)c1ccc(Cl)nn1. The van der Waals surface area contributed by atoms with E-state index in [1.165, 1.54) is 26.4 Å². The fourth-order valence-corrected chi connectivity index (χ4v) is 1.33. The van der Waals surface area contributed by atoms with Crippen LogP contribution in [0.5, 0.6) is 0 Å². The van der Waals surface area contributed by atoms with Crippen molar-refractivity contribution in [3.05, 3.63) is 23.0 Å². The number of carbonyl (C=O) groups excluding carboxylic acids is 3. The zero-order chi connectivity index (χ0) is 15.1. The molecule has 0 atom stereocenters. The molecule has 1 rings (SSSR count). The second-order valence-corrected chi connectivity index (χ2v) is 3.94. The third-order valence-electron chi connectivity index (χ3n) is 2.23. The Labute approximate surface area is 119 Å². The van der Waals surface area contributed by atoms with Crippen LogP contribution in [0.3, 0.4) is 0 Å². The van der Waals surface area contributed by atoms with E-state index in [2.05, 4.69) is 19.7 Å². The van der Waals surface area contributed by atoms with E-state index >= 15 is 0 Å². The van der Waals surface area contributed by atoms with Crippen LogP contribution in [0.4, 0.5) is 0 Å². The molecule has 1 aromatic heterocycles. The van der Waals surface area contributed by atoms with Crippen molar-refractivity contribution in [2.45, 2.75) is 0 Å². The lowest BCUT2D eigenvalue weighted by Crippen LogP contribution is -2.40. The highest BCUT2D eigenvalue weighted by atomic mass is 35.5. The summed E-state index contributed by atoms with van der Waals surface area (Å²) in [6.45, 7) is -0.816. The van der Waals surface area contributed by atoms with Gasteiger partial charge in [-0.25, -0.2) is 0 Å². The van der Waals surface area contributed by atoms with E-state index in [0.717, 1.165) is 4.90 Å². The summed E-state index contributed by atoms with van der Waals surface area (Å²) in [7, 11) is 2.34. The number of ether oxygens (including phenoxy) is 2. The smallest absolute Gasteiger partial charge is 0.325 e. The summed E-state index contributed by atoms with van der Waals surface area (Å²) in [6.07, 6.45) is 0. The molecule has 108 valence electrons. The summed E-state index contributed by atoms with van der Waals surface area (Å²) >= 11 is 5.56. The maximum absolute atomic E-state index is 12.1. The molecule has 0 aromatic carbocycles. The molecule has 0 bridgehead atoms. The normalized spacial score (nSPS) is 9.75. The predicted molar refractivity (Wildman–Crippen MR) is 67.0 cm³/mol. The third kappa shape index (κ3) is 4.47. The molecule has 8 nitrogen and oxygen atoms in total. The van der Waals surface area contributed by atoms with Crippen LogP contribution >= 0.6 is 11.6 Å². The molecule has 1 heterocycles. The summed E-state index contributed by atoms with van der Waals surface area (Å²) in [6, 6.07) is 2.70. The monoisotopic (exact) mass is 301 g/mol. The van der Waals surface area contributed by atoms with E-state index in [1.54, 1.807) is 0 Å². The molecule has 9 heteroatoms. The van der Waals surface area contributed by atoms with Gasteiger partial charge in [0.2, 0.25) is 0 Å². The van der Waals surface area contributed by atoms with Gasteiger partial charge in [-0.05, 0) is 12.1 Å². The first kappa shape index (κ1) is 15.8. The highest BCUT2D eigenvalue weighted by Gasteiger charge is 2.23. The van der Waals surface area contributed by atoms with Crippen molar-refractivity contribution in [3.63, 3.8) is 0 Å². The van der Waals surface area contributed by atoms with Crippen molar-refractivity contribution in [2.24, 2.45) is 0 Å². The number of methoxy groups -OCH3 is 2. The fraction of sp³-hybridized carbons (Fsp3) is 0.364. The summed E-state index contributed by atoms with van der Waals surface area (Å²) in [4.78, 5) is 35.6. The van der Waals surface area contributed by atoms with Crippen molar-refractivity contribution in [3.8, 4) is 0 Å². The Bertz CT molecular complexity index is 487. The summed E-state index contributed by atoms with van der Waals surface area (Å²) < 4.78 is 8.92. The van der Waals surface area contributed by atoms with Crippen molar-refractivity contribution in [1.29, 1.82) is 0 Å². The van der Waals surface area contributed by atoms with Crippen LogP contribution in [0.1, 0.15) is 10.5 Å². The van der Waals surface area contributed by atoms with Gasteiger partial charge in [0, 0.05) is 0 Å². The Morgan fingerprint density at radius 1 is 1.10 bits per heavy atom. The highest BCUT2D eigenvalue weighted by molar-refractivity contribution is 6.29. The maximum Gasteiger partial charge on any atom is 0.325 e. The Hall–Kier alpha value is -2.22. The average molecular weight is 302 g/mol. The quantitative estimate of drug-likeness (QED) is 0.701. The van der Waals surface area contributed by atoms with Gasteiger partial charge in [0.15, 0.2) is 10.8 Å². The molecule has 0 saturated carbocycles. The van der Waals surface area contributed by atoms with Crippen molar-refractivity contribution in [1.82, 2.24) is 15.1 Å². The lowest BCUT2D eigenvalue weighted by Gasteiger charge is -2.19. The molecule has 0 aliphatic rings. The highest BCUT2D eigenvalue weighted by Crippen LogP contribution is 2.06. The molecule has 0 fully saturated rings. The number of hydrogen-bond donors (Lipinski definition) is 0. The molecule has 0 unspecified atom stereocenters. The van der Waals surface area contributed by atoms with Gasteiger partial charge < -0.3 is 14.4 Å². The molecule has 0 aliphatic heterocycles. The summed E-state index contributed by atoms with van der Waals surface area (Å²) in [5.41, 5.74) is -0.0535. The lowest BCUT2D eigenvalue weighted by atomic mass is 10.3. The van der Waals surface area contributed by atoms with Gasteiger partial charge >= 0.3 is 11.9 Å². The molecule has 0 aliphatic carbocycles. The first-order chi connectivity index (χ1) is 9.47. The maximum atomic E-state index is 12.1. The van der Waals surface area contributed by atoms with Crippen LogP contribution in [0.25, 0.3) is 0 Å². The van der Waals surface area contributed by atoms with Crippen LogP contribution < -0.4 is 0 Å². The average Bonchev–Trinajstić information content (AvgIpc) is 2.46. The Balaban J connectivity index is 2.90. The van der Waals surface area contributed by atoms with Crippen molar-refractivity contribution < 1.29 is 23.9 Å². The number of aromatic nitrogens is 2. The van der Waals surface area contributed by atoms with Gasteiger partial charge in [0.1, 0.15) is 13.1 Å². The molecular formula is C11H12ClN3O5. The second-order valence-electron chi connectivity index (χ2n) is 3.55. The van der Waals surface area contributed by atoms with Crippen molar-refractivity contribution in [2.75, 3.05) is 27.3 Å². The summed E-state index contributed by atoms with van der Waals surface area (Å²) in [5.74, 6) is -2.02. The van der Waals surface area contributed by atoms with E-state index in [1.807, 2.05) is 0 Å². The van der Waals surface area contributed by atoms with Crippen molar-refractivity contribution >= 4 is 29.4 Å². The lowest BCUT2D eigenvalue weighted by molar-refractivity contribution is -0.144. The number of rotatable bonds is 5. The minimum absolute atomic E-state index is 0.0535. The van der Waals surface area contributed by atoms with Crippen LogP contribution in [-0.4, -0.2) is 60.3 Å². The van der Waals surface area contributed by atoms with Gasteiger partial charge in [-0.1, -0.05) is 11.6 Å². The topological polar surface area (TPSA) is 98.7 Å².